The van der Waals surface area contributed by atoms with E-state index in [0.29, 0.717) is 39.0 Å². The highest BCUT2D eigenvalue weighted by molar-refractivity contribution is 7.88. The van der Waals surface area contributed by atoms with Crippen LogP contribution >= 0.6 is 0 Å². The molecule has 2 aromatic rings. The monoisotopic (exact) mass is 386 g/mol. The molecule has 6 heteroatoms. The second-order valence-corrected chi connectivity index (χ2v) is 8.98. The number of benzene rings is 2. The SMILES string of the molecule is Cc1cccc(CS(=O)(=O)N2CCN(C(=O)CCc3ccccc3)CC2)c1. The maximum absolute atomic E-state index is 12.7. The van der Waals surface area contributed by atoms with Gasteiger partial charge in [0, 0.05) is 32.6 Å². The standard InChI is InChI=1S/C21H26N2O3S/c1-18-6-5-9-20(16-18)17-27(25,26)23-14-12-22(13-15-23)21(24)11-10-19-7-3-2-4-8-19/h2-9,16H,10-15,17H2,1H3. The molecular weight excluding hydrogens is 360 g/mol. The van der Waals surface area contributed by atoms with Gasteiger partial charge in [-0.2, -0.15) is 4.31 Å². The number of piperazine rings is 1. The van der Waals surface area contributed by atoms with Crippen LogP contribution in [0.4, 0.5) is 0 Å². The van der Waals surface area contributed by atoms with Gasteiger partial charge in [-0.15, -0.1) is 0 Å². The minimum atomic E-state index is -3.36. The molecular formula is C21H26N2O3S. The summed E-state index contributed by atoms with van der Waals surface area (Å²) in [5.41, 5.74) is 3.00. The first-order valence-corrected chi connectivity index (χ1v) is 10.9. The number of carbonyl (C=O) groups excluding carboxylic acids is 1. The molecule has 1 fully saturated rings. The van der Waals surface area contributed by atoms with Crippen LogP contribution in [-0.4, -0.2) is 49.7 Å². The smallest absolute Gasteiger partial charge is 0.222 e. The Morgan fingerprint density at radius 2 is 1.59 bits per heavy atom. The summed E-state index contributed by atoms with van der Waals surface area (Å²) in [6, 6.07) is 17.5. The number of aryl methyl sites for hydroxylation is 2. The Kier molecular flexibility index (Phi) is 6.29. The molecule has 5 nitrogen and oxygen atoms in total. The zero-order chi connectivity index (χ0) is 19.3. The number of rotatable bonds is 6. The average Bonchev–Trinajstić information content (AvgIpc) is 2.67. The largest absolute Gasteiger partial charge is 0.340 e. The van der Waals surface area contributed by atoms with Crippen LogP contribution in [0.1, 0.15) is 23.1 Å². The lowest BCUT2D eigenvalue weighted by Crippen LogP contribution is -2.50. The van der Waals surface area contributed by atoms with E-state index in [-0.39, 0.29) is 11.7 Å². The van der Waals surface area contributed by atoms with Gasteiger partial charge in [0.15, 0.2) is 0 Å². The summed E-state index contributed by atoms with van der Waals surface area (Å²) in [5.74, 6) is 0.103. The minimum Gasteiger partial charge on any atom is -0.340 e. The van der Waals surface area contributed by atoms with E-state index < -0.39 is 10.0 Å². The van der Waals surface area contributed by atoms with Crippen LogP contribution in [-0.2, 0) is 27.0 Å². The summed E-state index contributed by atoms with van der Waals surface area (Å²) in [4.78, 5) is 14.2. The number of amides is 1. The van der Waals surface area contributed by atoms with Crippen molar-refractivity contribution in [2.45, 2.75) is 25.5 Å². The minimum absolute atomic E-state index is 0.0105. The summed E-state index contributed by atoms with van der Waals surface area (Å²) >= 11 is 0. The first-order valence-electron chi connectivity index (χ1n) is 9.29. The Bertz CT molecular complexity index is 873. The van der Waals surface area contributed by atoms with Crippen LogP contribution in [0.15, 0.2) is 54.6 Å². The van der Waals surface area contributed by atoms with Gasteiger partial charge in [-0.05, 0) is 24.5 Å². The second kappa shape index (κ2) is 8.67. The highest BCUT2D eigenvalue weighted by Gasteiger charge is 2.28. The molecule has 3 rings (SSSR count). The van der Waals surface area contributed by atoms with E-state index in [4.69, 9.17) is 0 Å². The van der Waals surface area contributed by atoms with Gasteiger partial charge in [0.25, 0.3) is 0 Å². The molecule has 1 amide bonds. The van der Waals surface area contributed by atoms with Crippen LogP contribution in [0, 0.1) is 6.92 Å². The van der Waals surface area contributed by atoms with Crippen molar-refractivity contribution in [1.82, 2.24) is 9.21 Å². The van der Waals surface area contributed by atoms with Crippen LogP contribution in [0.3, 0.4) is 0 Å². The van der Waals surface area contributed by atoms with Crippen molar-refractivity contribution in [3.8, 4) is 0 Å². The van der Waals surface area contributed by atoms with E-state index in [1.54, 1.807) is 4.90 Å². The molecule has 0 aromatic heterocycles. The fourth-order valence-electron chi connectivity index (χ4n) is 3.37. The Balaban J connectivity index is 1.51. The molecule has 1 aliphatic heterocycles. The van der Waals surface area contributed by atoms with Gasteiger partial charge in [0.1, 0.15) is 0 Å². The number of hydrogen-bond acceptors (Lipinski definition) is 3. The van der Waals surface area contributed by atoms with Crippen LogP contribution in [0.25, 0.3) is 0 Å². The van der Waals surface area contributed by atoms with E-state index in [1.807, 2.05) is 61.5 Å². The molecule has 1 aliphatic rings. The van der Waals surface area contributed by atoms with Gasteiger partial charge in [-0.25, -0.2) is 8.42 Å². The third kappa shape index (κ3) is 5.40. The van der Waals surface area contributed by atoms with Crippen LogP contribution in [0.5, 0.6) is 0 Å². The molecule has 0 N–H and O–H groups in total. The first-order chi connectivity index (χ1) is 12.9. The Morgan fingerprint density at radius 3 is 2.26 bits per heavy atom. The molecule has 0 unspecified atom stereocenters. The van der Waals surface area contributed by atoms with Crippen molar-refractivity contribution in [3.05, 3.63) is 71.3 Å². The Labute approximate surface area is 161 Å². The third-order valence-corrected chi connectivity index (χ3v) is 6.74. The predicted octanol–water partition coefficient (Wildman–Crippen LogP) is 2.60. The predicted molar refractivity (Wildman–Crippen MR) is 107 cm³/mol. The van der Waals surface area contributed by atoms with Crippen molar-refractivity contribution >= 4 is 15.9 Å². The first kappa shape index (κ1) is 19.6. The van der Waals surface area contributed by atoms with E-state index in [2.05, 4.69) is 0 Å². The van der Waals surface area contributed by atoms with Gasteiger partial charge in [0.2, 0.25) is 15.9 Å². The average molecular weight is 387 g/mol. The molecule has 27 heavy (non-hydrogen) atoms. The van der Waals surface area contributed by atoms with Crippen molar-refractivity contribution < 1.29 is 13.2 Å². The second-order valence-electron chi connectivity index (χ2n) is 7.01. The quantitative estimate of drug-likeness (QED) is 0.767. The molecule has 0 bridgehead atoms. The lowest BCUT2D eigenvalue weighted by molar-refractivity contribution is -0.132. The van der Waals surface area contributed by atoms with Gasteiger partial charge < -0.3 is 4.90 Å². The molecule has 0 radical (unpaired) electrons. The summed E-state index contributed by atoms with van der Waals surface area (Å²) in [6.07, 6.45) is 1.17. The fourth-order valence-corrected chi connectivity index (χ4v) is 4.88. The van der Waals surface area contributed by atoms with E-state index >= 15 is 0 Å². The number of hydrogen-bond donors (Lipinski definition) is 0. The van der Waals surface area contributed by atoms with Gasteiger partial charge in [-0.1, -0.05) is 60.2 Å². The lowest BCUT2D eigenvalue weighted by atomic mass is 10.1. The summed E-state index contributed by atoms with van der Waals surface area (Å²) in [6.45, 7) is 3.60. The normalized spacial score (nSPS) is 15.7. The molecule has 0 spiro atoms. The van der Waals surface area contributed by atoms with E-state index in [1.165, 1.54) is 4.31 Å². The molecule has 2 aromatic carbocycles. The molecule has 1 saturated heterocycles. The van der Waals surface area contributed by atoms with Gasteiger partial charge in [-0.3, -0.25) is 4.79 Å². The summed E-state index contributed by atoms with van der Waals surface area (Å²) < 4.78 is 26.9. The zero-order valence-electron chi connectivity index (χ0n) is 15.7. The van der Waals surface area contributed by atoms with E-state index in [9.17, 15) is 13.2 Å². The van der Waals surface area contributed by atoms with Gasteiger partial charge >= 0.3 is 0 Å². The van der Waals surface area contributed by atoms with Gasteiger partial charge in [0.05, 0.1) is 5.75 Å². The van der Waals surface area contributed by atoms with Crippen molar-refractivity contribution in [2.75, 3.05) is 26.2 Å². The maximum atomic E-state index is 12.7. The van der Waals surface area contributed by atoms with Crippen LogP contribution < -0.4 is 0 Å². The van der Waals surface area contributed by atoms with Crippen molar-refractivity contribution in [3.63, 3.8) is 0 Å². The Hall–Kier alpha value is -2.18. The number of sulfonamides is 1. The zero-order valence-corrected chi connectivity index (χ0v) is 16.5. The molecule has 0 atom stereocenters. The van der Waals surface area contributed by atoms with Crippen molar-refractivity contribution in [1.29, 1.82) is 0 Å². The molecule has 0 saturated carbocycles. The third-order valence-electron chi connectivity index (χ3n) is 4.89. The Morgan fingerprint density at radius 1 is 0.926 bits per heavy atom. The van der Waals surface area contributed by atoms with E-state index in [0.717, 1.165) is 16.7 Å². The fraction of sp³-hybridized carbons (Fsp3) is 0.381. The highest BCUT2D eigenvalue weighted by Crippen LogP contribution is 2.15. The summed E-state index contributed by atoms with van der Waals surface area (Å²) in [7, 11) is -3.36. The van der Waals surface area contributed by atoms with Crippen LogP contribution in [0.2, 0.25) is 0 Å². The van der Waals surface area contributed by atoms with Crippen molar-refractivity contribution in [2.24, 2.45) is 0 Å². The topological polar surface area (TPSA) is 57.7 Å². The summed E-state index contributed by atoms with van der Waals surface area (Å²) in [5, 5.41) is 0. The molecule has 1 heterocycles. The lowest BCUT2D eigenvalue weighted by Gasteiger charge is -2.34. The highest BCUT2D eigenvalue weighted by atomic mass is 32.2. The maximum Gasteiger partial charge on any atom is 0.222 e. The number of carbonyl (C=O) groups is 1. The number of nitrogens with zero attached hydrogens (tertiary/aromatic N) is 2. The molecule has 144 valence electrons. The molecule has 0 aliphatic carbocycles.